The average Bonchev–Trinajstić information content (AvgIpc) is 2.70. The third-order valence-corrected chi connectivity index (χ3v) is 6.30. The Morgan fingerprint density at radius 1 is 1.26 bits per heavy atom. The van der Waals surface area contributed by atoms with Gasteiger partial charge in [0.15, 0.2) is 0 Å². The Hall–Kier alpha value is 0.150. The molecule has 8 heteroatoms. The number of hydrogen-bond acceptors (Lipinski definition) is 4. The zero-order valence-corrected chi connectivity index (χ0v) is 13.5. The fourth-order valence-electron chi connectivity index (χ4n) is 2.11. The van der Waals surface area contributed by atoms with Gasteiger partial charge in [-0.1, -0.05) is 29.6 Å². The van der Waals surface area contributed by atoms with Gasteiger partial charge in [0.2, 0.25) is 10.0 Å². The number of rotatable bonds is 5. The van der Waals surface area contributed by atoms with Crippen LogP contribution in [0.4, 0.5) is 0 Å². The lowest BCUT2D eigenvalue weighted by Crippen LogP contribution is -2.37. The lowest BCUT2D eigenvalue weighted by Gasteiger charge is -2.26. The van der Waals surface area contributed by atoms with E-state index in [1.54, 1.807) is 0 Å². The van der Waals surface area contributed by atoms with Gasteiger partial charge in [-0.05, 0) is 32.0 Å². The first kappa shape index (κ1) is 15.5. The fourth-order valence-corrected chi connectivity index (χ4v) is 5.28. The summed E-state index contributed by atoms with van der Waals surface area (Å²) < 4.78 is 27.2. The van der Waals surface area contributed by atoms with Crippen molar-refractivity contribution in [3.05, 3.63) is 14.7 Å². The van der Waals surface area contributed by atoms with E-state index in [2.05, 4.69) is 9.62 Å². The van der Waals surface area contributed by atoms with Gasteiger partial charge in [-0.25, -0.2) is 13.1 Å². The molecule has 0 spiro atoms. The molecule has 4 nitrogen and oxygen atoms in total. The summed E-state index contributed by atoms with van der Waals surface area (Å²) in [7, 11) is -3.55. The smallest absolute Gasteiger partial charge is 0.243 e. The fraction of sp³-hybridized carbons (Fsp3) is 0.636. The molecule has 108 valence electrons. The SMILES string of the molecule is O=S(=O)(NCCN1CCCCC1)c1cc(Cl)sc1Cl. The second-order valence-electron chi connectivity index (χ2n) is 4.49. The predicted octanol–water partition coefficient (Wildman–Crippen LogP) is 2.82. The van der Waals surface area contributed by atoms with Crippen molar-refractivity contribution in [2.24, 2.45) is 0 Å². The van der Waals surface area contributed by atoms with Crippen LogP contribution in [0.15, 0.2) is 11.0 Å². The van der Waals surface area contributed by atoms with Crippen LogP contribution in [0.1, 0.15) is 19.3 Å². The van der Waals surface area contributed by atoms with Gasteiger partial charge < -0.3 is 4.90 Å². The summed E-state index contributed by atoms with van der Waals surface area (Å²) in [5.74, 6) is 0. The first-order valence-electron chi connectivity index (χ1n) is 6.16. The second kappa shape index (κ2) is 6.74. The van der Waals surface area contributed by atoms with E-state index in [1.165, 1.54) is 25.3 Å². The minimum atomic E-state index is -3.55. The maximum atomic E-state index is 12.0. The zero-order chi connectivity index (χ0) is 13.9. The van der Waals surface area contributed by atoms with Crippen molar-refractivity contribution in [2.45, 2.75) is 24.2 Å². The highest BCUT2D eigenvalue weighted by molar-refractivity contribution is 7.89. The largest absolute Gasteiger partial charge is 0.302 e. The summed E-state index contributed by atoms with van der Waals surface area (Å²) in [5, 5.41) is 0. The van der Waals surface area contributed by atoms with E-state index in [0.717, 1.165) is 31.0 Å². The van der Waals surface area contributed by atoms with Crippen LogP contribution < -0.4 is 4.72 Å². The van der Waals surface area contributed by atoms with Crippen LogP contribution in [0.3, 0.4) is 0 Å². The van der Waals surface area contributed by atoms with Crippen LogP contribution in [0, 0.1) is 0 Å². The molecule has 0 radical (unpaired) electrons. The summed E-state index contributed by atoms with van der Waals surface area (Å²) in [4.78, 5) is 2.34. The molecular formula is C11H16Cl2N2O2S2. The van der Waals surface area contributed by atoms with Gasteiger partial charge in [0.1, 0.15) is 9.23 Å². The van der Waals surface area contributed by atoms with E-state index in [9.17, 15) is 8.42 Å². The minimum absolute atomic E-state index is 0.0720. The molecule has 1 aromatic rings. The van der Waals surface area contributed by atoms with Gasteiger partial charge in [-0.15, -0.1) is 11.3 Å². The van der Waals surface area contributed by atoms with E-state index in [0.29, 0.717) is 10.9 Å². The van der Waals surface area contributed by atoms with Crippen LogP contribution >= 0.6 is 34.5 Å². The maximum Gasteiger partial charge on any atom is 0.243 e. The topological polar surface area (TPSA) is 49.4 Å². The summed E-state index contributed by atoms with van der Waals surface area (Å²) in [6.07, 6.45) is 3.66. The number of likely N-dealkylation sites (tertiary alicyclic amines) is 1. The molecule has 0 bridgehead atoms. The molecule has 0 atom stereocenters. The van der Waals surface area contributed by atoms with Crippen LogP contribution in [0.5, 0.6) is 0 Å². The van der Waals surface area contributed by atoms with E-state index in [4.69, 9.17) is 23.2 Å². The Morgan fingerprint density at radius 2 is 1.95 bits per heavy atom. The van der Waals surface area contributed by atoms with Crippen LogP contribution in [0.2, 0.25) is 8.67 Å². The summed E-state index contributed by atoms with van der Waals surface area (Å²) in [6, 6.07) is 1.39. The van der Waals surface area contributed by atoms with Crippen molar-refractivity contribution < 1.29 is 8.42 Å². The average molecular weight is 343 g/mol. The van der Waals surface area contributed by atoms with Crippen LogP contribution in [-0.2, 0) is 10.0 Å². The molecule has 1 aromatic heterocycles. The Morgan fingerprint density at radius 3 is 2.53 bits per heavy atom. The Bertz CT molecular complexity index is 525. The standard InChI is InChI=1S/C11H16Cl2N2O2S2/c12-10-8-9(11(13)18-10)19(16,17)14-4-7-15-5-2-1-3-6-15/h8,14H,1-7H2. The molecule has 19 heavy (non-hydrogen) atoms. The summed E-state index contributed by atoms with van der Waals surface area (Å²) in [6.45, 7) is 3.22. The van der Waals surface area contributed by atoms with Crippen molar-refractivity contribution >= 4 is 44.6 Å². The number of thiophene rings is 1. The molecule has 0 saturated carbocycles. The molecule has 1 N–H and O–H groups in total. The van der Waals surface area contributed by atoms with Crippen molar-refractivity contribution in [1.29, 1.82) is 0 Å². The zero-order valence-electron chi connectivity index (χ0n) is 10.4. The highest BCUT2D eigenvalue weighted by Gasteiger charge is 2.21. The minimum Gasteiger partial charge on any atom is -0.302 e. The molecule has 0 aromatic carbocycles. The lowest BCUT2D eigenvalue weighted by atomic mass is 10.1. The van der Waals surface area contributed by atoms with Gasteiger partial charge in [-0.3, -0.25) is 0 Å². The number of nitrogens with zero attached hydrogens (tertiary/aromatic N) is 1. The van der Waals surface area contributed by atoms with Gasteiger partial charge in [0.05, 0.1) is 4.34 Å². The molecule has 2 heterocycles. The number of piperidine rings is 1. The van der Waals surface area contributed by atoms with E-state index < -0.39 is 10.0 Å². The summed E-state index contributed by atoms with van der Waals surface area (Å²) >= 11 is 12.7. The van der Waals surface area contributed by atoms with E-state index >= 15 is 0 Å². The second-order valence-corrected chi connectivity index (χ2v) is 8.51. The maximum absolute atomic E-state index is 12.0. The van der Waals surface area contributed by atoms with Crippen LogP contribution in [0.25, 0.3) is 0 Å². The molecule has 0 unspecified atom stereocenters. The molecule has 0 aliphatic carbocycles. The number of nitrogens with one attached hydrogen (secondary N) is 1. The molecule has 0 amide bonds. The predicted molar refractivity (Wildman–Crippen MR) is 79.8 cm³/mol. The monoisotopic (exact) mass is 342 g/mol. The number of halogens is 2. The molecule has 1 aliphatic heterocycles. The molecule has 1 saturated heterocycles. The van der Waals surface area contributed by atoms with Crippen molar-refractivity contribution in [2.75, 3.05) is 26.2 Å². The van der Waals surface area contributed by atoms with Crippen molar-refractivity contribution in [3.8, 4) is 0 Å². The Kier molecular flexibility index (Phi) is 5.51. The van der Waals surface area contributed by atoms with Gasteiger partial charge in [0, 0.05) is 13.1 Å². The van der Waals surface area contributed by atoms with E-state index in [1.807, 2.05) is 0 Å². The Labute approximate surface area is 127 Å². The Balaban J connectivity index is 1.89. The number of sulfonamides is 1. The quantitative estimate of drug-likeness (QED) is 0.894. The third-order valence-electron chi connectivity index (χ3n) is 3.08. The van der Waals surface area contributed by atoms with Crippen molar-refractivity contribution in [3.63, 3.8) is 0 Å². The van der Waals surface area contributed by atoms with Crippen molar-refractivity contribution in [1.82, 2.24) is 9.62 Å². The highest BCUT2D eigenvalue weighted by Crippen LogP contribution is 2.33. The summed E-state index contributed by atoms with van der Waals surface area (Å²) in [5.41, 5.74) is 0. The molecule has 1 fully saturated rings. The first-order valence-corrected chi connectivity index (χ1v) is 9.21. The normalized spacial score (nSPS) is 17.8. The molecular weight excluding hydrogens is 327 g/mol. The first-order chi connectivity index (χ1) is 8.99. The lowest BCUT2D eigenvalue weighted by molar-refractivity contribution is 0.233. The molecule has 1 aliphatic rings. The number of hydrogen-bond donors (Lipinski definition) is 1. The highest BCUT2D eigenvalue weighted by atomic mass is 35.5. The molecule has 2 rings (SSSR count). The van der Waals surface area contributed by atoms with Gasteiger partial charge >= 0.3 is 0 Å². The van der Waals surface area contributed by atoms with E-state index in [-0.39, 0.29) is 9.23 Å². The van der Waals surface area contributed by atoms with Gasteiger partial charge in [-0.2, -0.15) is 0 Å². The van der Waals surface area contributed by atoms with Gasteiger partial charge in [0.25, 0.3) is 0 Å². The van der Waals surface area contributed by atoms with Crippen LogP contribution in [-0.4, -0.2) is 39.5 Å². The third kappa shape index (κ3) is 4.31.